The summed E-state index contributed by atoms with van der Waals surface area (Å²) in [5, 5.41) is 43.8. The van der Waals surface area contributed by atoms with Gasteiger partial charge in [-0.1, -0.05) is 231 Å². The third-order valence-electron chi connectivity index (χ3n) is 11.6. The first-order valence-electron chi connectivity index (χ1n) is 24.7. The lowest BCUT2D eigenvalue weighted by Gasteiger charge is -2.27. The number of hydrogen-bond acceptors (Lipinski definition) is 5. The second-order valence-corrected chi connectivity index (χ2v) is 17.2. The summed E-state index contributed by atoms with van der Waals surface area (Å²) in [6.07, 6.45) is 52.3. The largest absolute Gasteiger partial charge is 0.394 e. The van der Waals surface area contributed by atoms with E-state index in [0.717, 1.165) is 38.5 Å². The molecule has 0 saturated heterocycles. The van der Waals surface area contributed by atoms with Gasteiger partial charge in [0.15, 0.2) is 0 Å². The van der Waals surface area contributed by atoms with E-state index in [1.54, 1.807) is 0 Å². The van der Waals surface area contributed by atoms with E-state index in [4.69, 9.17) is 0 Å². The van der Waals surface area contributed by atoms with Gasteiger partial charge < -0.3 is 25.7 Å². The van der Waals surface area contributed by atoms with Crippen molar-refractivity contribution in [2.75, 3.05) is 6.61 Å². The first-order chi connectivity index (χ1) is 27.5. The number of amides is 1. The Morgan fingerprint density at radius 1 is 0.429 bits per heavy atom. The minimum Gasteiger partial charge on any atom is -0.394 e. The topological polar surface area (TPSA) is 110 Å². The Bertz CT molecular complexity index is 847. The Labute approximate surface area is 348 Å². The zero-order valence-corrected chi connectivity index (χ0v) is 37.4. The predicted molar refractivity (Wildman–Crippen MR) is 242 cm³/mol. The molecule has 5 N–H and O–H groups in total. The molecule has 0 aromatic carbocycles. The lowest BCUT2D eigenvalue weighted by atomic mass is 10.00. The highest BCUT2D eigenvalue weighted by atomic mass is 16.3. The van der Waals surface area contributed by atoms with Crippen molar-refractivity contribution in [1.82, 2.24) is 5.32 Å². The number of aliphatic hydroxyl groups excluding tert-OH is 4. The molecule has 6 nitrogen and oxygen atoms in total. The van der Waals surface area contributed by atoms with Gasteiger partial charge in [-0.3, -0.25) is 4.79 Å². The number of carbonyl (C=O) groups excluding carboxylic acids is 1. The van der Waals surface area contributed by atoms with E-state index in [1.807, 2.05) is 0 Å². The fraction of sp³-hybridized carbons (Fsp3) is 0.900. The Kier molecular flexibility index (Phi) is 43.9. The molecule has 0 rings (SSSR count). The highest BCUT2D eigenvalue weighted by molar-refractivity contribution is 5.80. The van der Waals surface area contributed by atoms with Gasteiger partial charge in [0, 0.05) is 0 Å². The van der Waals surface area contributed by atoms with Gasteiger partial charge in [0.1, 0.15) is 12.2 Å². The van der Waals surface area contributed by atoms with Gasteiger partial charge >= 0.3 is 0 Å². The van der Waals surface area contributed by atoms with Crippen molar-refractivity contribution in [2.24, 2.45) is 0 Å². The first-order valence-corrected chi connectivity index (χ1v) is 24.7. The van der Waals surface area contributed by atoms with Crippen LogP contribution in [0, 0.1) is 0 Å². The van der Waals surface area contributed by atoms with Crippen molar-refractivity contribution in [3.63, 3.8) is 0 Å². The molecule has 1 amide bonds. The summed E-state index contributed by atoms with van der Waals surface area (Å²) in [6, 6.07) is -1.00. The standard InChI is InChI=1S/C50H97NO5/c1-3-5-7-9-11-13-15-17-19-21-22-23-24-25-26-27-28-30-31-33-35-37-39-41-43-47(53)49(55)46(45-52)51-50(56)48(54)44-42-40-38-36-34-32-29-20-18-16-14-12-10-8-6-4-2/h28,30,35,37,46-49,52-55H,3-27,29,31-34,36,38-45H2,1-2H3,(H,51,56)/b30-28+,37-35+. The highest BCUT2D eigenvalue weighted by Gasteiger charge is 2.28. The van der Waals surface area contributed by atoms with Crippen molar-refractivity contribution in [2.45, 2.75) is 282 Å². The highest BCUT2D eigenvalue weighted by Crippen LogP contribution is 2.17. The summed E-state index contributed by atoms with van der Waals surface area (Å²) in [5.41, 5.74) is 0. The van der Waals surface area contributed by atoms with Crippen LogP contribution in [-0.4, -0.2) is 57.3 Å². The Morgan fingerprint density at radius 2 is 0.750 bits per heavy atom. The summed E-state index contributed by atoms with van der Waals surface area (Å²) in [4.78, 5) is 12.5. The molecule has 0 aromatic rings. The van der Waals surface area contributed by atoms with Gasteiger partial charge in [-0.05, 0) is 51.4 Å². The number of unbranched alkanes of at least 4 members (excludes halogenated alkanes) is 32. The maximum atomic E-state index is 12.5. The Hall–Kier alpha value is -1.21. The first kappa shape index (κ1) is 54.8. The van der Waals surface area contributed by atoms with Gasteiger partial charge in [0.25, 0.3) is 0 Å². The summed E-state index contributed by atoms with van der Waals surface area (Å²) in [5.74, 6) is -0.594. The van der Waals surface area contributed by atoms with Crippen LogP contribution < -0.4 is 5.32 Å². The molecule has 0 aliphatic carbocycles. The number of hydrogen-bond donors (Lipinski definition) is 5. The molecule has 4 atom stereocenters. The Balaban J connectivity index is 3.73. The zero-order valence-electron chi connectivity index (χ0n) is 37.4. The van der Waals surface area contributed by atoms with Crippen LogP contribution in [0.2, 0.25) is 0 Å². The summed E-state index contributed by atoms with van der Waals surface area (Å²) in [7, 11) is 0. The minimum absolute atomic E-state index is 0.364. The van der Waals surface area contributed by atoms with E-state index in [2.05, 4.69) is 43.5 Å². The normalized spacial score (nSPS) is 14.2. The fourth-order valence-corrected chi connectivity index (χ4v) is 7.72. The molecule has 332 valence electrons. The van der Waals surface area contributed by atoms with Crippen LogP contribution in [0.5, 0.6) is 0 Å². The molecular formula is C50H97NO5. The van der Waals surface area contributed by atoms with Crippen molar-refractivity contribution in [3.05, 3.63) is 24.3 Å². The van der Waals surface area contributed by atoms with Crippen molar-refractivity contribution in [3.8, 4) is 0 Å². The lowest BCUT2D eigenvalue weighted by Crippen LogP contribution is -2.53. The van der Waals surface area contributed by atoms with E-state index in [-0.39, 0.29) is 0 Å². The lowest BCUT2D eigenvalue weighted by molar-refractivity contribution is -0.132. The third kappa shape index (κ3) is 38.3. The maximum Gasteiger partial charge on any atom is 0.249 e. The fourth-order valence-electron chi connectivity index (χ4n) is 7.72. The van der Waals surface area contributed by atoms with Crippen LogP contribution in [0.4, 0.5) is 0 Å². The molecule has 4 unspecified atom stereocenters. The van der Waals surface area contributed by atoms with E-state index in [0.29, 0.717) is 19.3 Å². The van der Waals surface area contributed by atoms with Gasteiger partial charge in [-0.15, -0.1) is 0 Å². The van der Waals surface area contributed by atoms with Crippen LogP contribution in [0.15, 0.2) is 24.3 Å². The van der Waals surface area contributed by atoms with Crippen LogP contribution in [0.1, 0.15) is 258 Å². The van der Waals surface area contributed by atoms with Crippen molar-refractivity contribution < 1.29 is 25.2 Å². The molecule has 0 bridgehead atoms. The zero-order chi connectivity index (χ0) is 41.0. The average Bonchev–Trinajstić information content (AvgIpc) is 3.20. The maximum absolute atomic E-state index is 12.5. The van der Waals surface area contributed by atoms with Crippen LogP contribution in [-0.2, 0) is 4.79 Å². The van der Waals surface area contributed by atoms with Gasteiger partial charge in [-0.25, -0.2) is 0 Å². The molecule has 0 aromatic heterocycles. The number of nitrogens with one attached hydrogen (secondary N) is 1. The second kappa shape index (κ2) is 44.9. The summed E-state index contributed by atoms with van der Waals surface area (Å²) < 4.78 is 0. The number of aliphatic hydroxyl groups is 4. The quantitative estimate of drug-likeness (QED) is 0.0312. The van der Waals surface area contributed by atoms with E-state index < -0.39 is 36.9 Å². The van der Waals surface area contributed by atoms with E-state index >= 15 is 0 Å². The molecule has 0 radical (unpaired) electrons. The third-order valence-corrected chi connectivity index (χ3v) is 11.6. The van der Waals surface area contributed by atoms with Crippen molar-refractivity contribution in [1.29, 1.82) is 0 Å². The number of allylic oxidation sites excluding steroid dienone is 4. The predicted octanol–water partition coefficient (Wildman–Crippen LogP) is 13.5. The molecule has 0 aliphatic rings. The molecule has 6 heteroatoms. The van der Waals surface area contributed by atoms with E-state index in [1.165, 1.54) is 186 Å². The molecular weight excluding hydrogens is 695 g/mol. The molecule has 56 heavy (non-hydrogen) atoms. The van der Waals surface area contributed by atoms with Crippen LogP contribution in [0.25, 0.3) is 0 Å². The number of rotatable bonds is 45. The second-order valence-electron chi connectivity index (χ2n) is 17.2. The molecule has 0 saturated carbocycles. The van der Waals surface area contributed by atoms with E-state index in [9.17, 15) is 25.2 Å². The SMILES string of the molecule is CCCCCCCCCCCCCCCCC/C=C/CC/C=C/CCCC(O)C(O)C(CO)NC(=O)C(O)CCCCCCCCCCCCCCCCCC. The molecule has 0 aliphatic heterocycles. The van der Waals surface area contributed by atoms with Gasteiger partial charge in [0.05, 0.1) is 18.8 Å². The van der Waals surface area contributed by atoms with Crippen molar-refractivity contribution >= 4 is 5.91 Å². The number of carbonyl (C=O) groups is 1. The van der Waals surface area contributed by atoms with Crippen LogP contribution in [0.3, 0.4) is 0 Å². The van der Waals surface area contributed by atoms with Gasteiger partial charge in [0.2, 0.25) is 5.91 Å². The Morgan fingerprint density at radius 3 is 1.12 bits per heavy atom. The van der Waals surface area contributed by atoms with Crippen LogP contribution >= 0.6 is 0 Å². The monoisotopic (exact) mass is 792 g/mol. The molecule has 0 spiro atoms. The minimum atomic E-state index is -1.29. The summed E-state index contributed by atoms with van der Waals surface area (Å²) in [6.45, 7) is 4.06. The summed E-state index contributed by atoms with van der Waals surface area (Å²) >= 11 is 0. The smallest absolute Gasteiger partial charge is 0.249 e. The average molecular weight is 792 g/mol. The molecule has 0 fully saturated rings. The molecule has 0 heterocycles. The van der Waals surface area contributed by atoms with Gasteiger partial charge in [-0.2, -0.15) is 0 Å².